The van der Waals surface area contributed by atoms with Crippen LogP contribution in [0.1, 0.15) is 31.9 Å². The Bertz CT molecular complexity index is 438. The van der Waals surface area contributed by atoms with Gasteiger partial charge in [0, 0.05) is 19.1 Å². The Morgan fingerprint density at radius 1 is 1.41 bits per heavy atom. The molecule has 1 atom stereocenters. The molecule has 0 unspecified atom stereocenters. The summed E-state index contributed by atoms with van der Waals surface area (Å²) in [6.07, 6.45) is 3.20. The van der Waals surface area contributed by atoms with Gasteiger partial charge in [-0.05, 0) is 38.0 Å². The SMILES string of the molecule is CC1=CCCN(c2ccc([C@@H](C)N)cc2F)C1. The van der Waals surface area contributed by atoms with Crippen molar-refractivity contribution in [3.8, 4) is 0 Å². The van der Waals surface area contributed by atoms with E-state index in [1.807, 2.05) is 19.1 Å². The Labute approximate surface area is 102 Å². The molecule has 1 heterocycles. The van der Waals surface area contributed by atoms with Gasteiger partial charge in [0.25, 0.3) is 0 Å². The highest BCUT2D eigenvalue weighted by atomic mass is 19.1. The molecule has 2 N–H and O–H groups in total. The number of halogens is 1. The average Bonchev–Trinajstić information content (AvgIpc) is 2.28. The molecule has 1 aromatic carbocycles. The Morgan fingerprint density at radius 3 is 2.76 bits per heavy atom. The molecule has 0 amide bonds. The number of hydrogen-bond donors (Lipinski definition) is 1. The van der Waals surface area contributed by atoms with Gasteiger partial charge in [-0.3, -0.25) is 0 Å². The Morgan fingerprint density at radius 2 is 2.18 bits per heavy atom. The molecule has 2 nitrogen and oxygen atoms in total. The molecular weight excluding hydrogens is 215 g/mol. The van der Waals surface area contributed by atoms with E-state index in [0.29, 0.717) is 5.69 Å². The van der Waals surface area contributed by atoms with Crippen molar-refractivity contribution in [2.75, 3.05) is 18.0 Å². The predicted molar refractivity (Wildman–Crippen MR) is 69.6 cm³/mol. The zero-order chi connectivity index (χ0) is 12.4. The molecule has 0 saturated carbocycles. The van der Waals surface area contributed by atoms with Gasteiger partial charge in [-0.1, -0.05) is 17.7 Å². The fourth-order valence-corrected chi connectivity index (χ4v) is 2.18. The van der Waals surface area contributed by atoms with Crippen LogP contribution in [-0.2, 0) is 0 Å². The van der Waals surface area contributed by atoms with Crippen molar-refractivity contribution in [1.82, 2.24) is 0 Å². The summed E-state index contributed by atoms with van der Waals surface area (Å²) in [7, 11) is 0. The maximum atomic E-state index is 14.0. The zero-order valence-electron chi connectivity index (χ0n) is 10.4. The molecule has 2 rings (SSSR count). The Balaban J connectivity index is 2.25. The molecule has 92 valence electrons. The third-order valence-electron chi connectivity index (χ3n) is 3.17. The third kappa shape index (κ3) is 2.67. The van der Waals surface area contributed by atoms with Crippen molar-refractivity contribution in [3.63, 3.8) is 0 Å². The molecule has 1 aliphatic heterocycles. The first-order valence-corrected chi connectivity index (χ1v) is 6.03. The first-order chi connectivity index (χ1) is 8.08. The van der Waals surface area contributed by atoms with E-state index < -0.39 is 0 Å². The van der Waals surface area contributed by atoms with Crippen LogP contribution in [0.15, 0.2) is 29.8 Å². The van der Waals surface area contributed by atoms with Crippen LogP contribution in [0.5, 0.6) is 0 Å². The van der Waals surface area contributed by atoms with Crippen LogP contribution in [-0.4, -0.2) is 13.1 Å². The van der Waals surface area contributed by atoms with Crippen molar-refractivity contribution >= 4 is 5.69 Å². The van der Waals surface area contributed by atoms with Crippen molar-refractivity contribution in [3.05, 3.63) is 41.2 Å². The van der Waals surface area contributed by atoms with Gasteiger partial charge in [-0.25, -0.2) is 4.39 Å². The maximum absolute atomic E-state index is 14.0. The maximum Gasteiger partial charge on any atom is 0.146 e. The second-order valence-corrected chi connectivity index (χ2v) is 4.76. The summed E-state index contributed by atoms with van der Waals surface area (Å²) in [5, 5.41) is 0. The molecule has 0 radical (unpaired) electrons. The Kier molecular flexibility index (Phi) is 3.48. The minimum Gasteiger partial charge on any atom is -0.365 e. The fourth-order valence-electron chi connectivity index (χ4n) is 2.18. The van der Waals surface area contributed by atoms with Crippen LogP contribution in [0.25, 0.3) is 0 Å². The minimum atomic E-state index is -0.172. The lowest BCUT2D eigenvalue weighted by Gasteiger charge is -2.28. The molecular formula is C14H19FN2. The van der Waals surface area contributed by atoms with E-state index >= 15 is 0 Å². The number of benzene rings is 1. The normalized spacial score (nSPS) is 17.9. The molecule has 3 heteroatoms. The number of anilines is 1. The molecule has 17 heavy (non-hydrogen) atoms. The monoisotopic (exact) mass is 234 g/mol. The van der Waals surface area contributed by atoms with Crippen molar-refractivity contribution in [2.24, 2.45) is 5.73 Å². The van der Waals surface area contributed by atoms with Crippen molar-refractivity contribution in [1.29, 1.82) is 0 Å². The first-order valence-electron chi connectivity index (χ1n) is 6.03. The Hall–Kier alpha value is -1.35. The second-order valence-electron chi connectivity index (χ2n) is 4.76. The summed E-state index contributed by atoms with van der Waals surface area (Å²) >= 11 is 0. The summed E-state index contributed by atoms with van der Waals surface area (Å²) in [5.41, 5.74) is 8.57. The van der Waals surface area contributed by atoms with Crippen LogP contribution in [0.3, 0.4) is 0 Å². The summed E-state index contributed by atoms with van der Waals surface area (Å²) in [6, 6.07) is 5.18. The molecule has 0 spiro atoms. The summed E-state index contributed by atoms with van der Waals surface area (Å²) in [4.78, 5) is 2.08. The smallest absolute Gasteiger partial charge is 0.146 e. The van der Waals surface area contributed by atoms with Gasteiger partial charge in [0.2, 0.25) is 0 Å². The van der Waals surface area contributed by atoms with Gasteiger partial charge >= 0.3 is 0 Å². The van der Waals surface area contributed by atoms with E-state index in [1.165, 1.54) is 5.57 Å². The van der Waals surface area contributed by atoms with Gasteiger partial charge in [0.1, 0.15) is 5.82 Å². The quantitative estimate of drug-likeness (QED) is 0.797. The third-order valence-corrected chi connectivity index (χ3v) is 3.17. The van der Waals surface area contributed by atoms with E-state index in [4.69, 9.17) is 5.73 Å². The van der Waals surface area contributed by atoms with Crippen molar-refractivity contribution < 1.29 is 4.39 Å². The van der Waals surface area contributed by atoms with Gasteiger partial charge in [0.15, 0.2) is 0 Å². The van der Waals surface area contributed by atoms with Crippen LogP contribution in [0, 0.1) is 5.82 Å². The van der Waals surface area contributed by atoms with Gasteiger partial charge < -0.3 is 10.6 Å². The zero-order valence-corrected chi connectivity index (χ0v) is 10.4. The molecule has 0 fully saturated rings. The van der Waals surface area contributed by atoms with E-state index in [-0.39, 0.29) is 11.9 Å². The van der Waals surface area contributed by atoms with Crippen LogP contribution >= 0.6 is 0 Å². The van der Waals surface area contributed by atoms with E-state index in [9.17, 15) is 4.39 Å². The van der Waals surface area contributed by atoms with E-state index in [0.717, 1.165) is 25.1 Å². The van der Waals surface area contributed by atoms with Gasteiger partial charge in [-0.15, -0.1) is 0 Å². The second kappa shape index (κ2) is 4.88. The molecule has 1 aromatic rings. The first kappa shape index (κ1) is 12.1. The lowest BCUT2D eigenvalue weighted by atomic mass is 10.1. The van der Waals surface area contributed by atoms with E-state index in [2.05, 4.69) is 17.9 Å². The fraction of sp³-hybridized carbons (Fsp3) is 0.429. The van der Waals surface area contributed by atoms with Crippen molar-refractivity contribution in [2.45, 2.75) is 26.3 Å². The molecule has 0 aliphatic carbocycles. The van der Waals surface area contributed by atoms with E-state index in [1.54, 1.807) is 6.07 Å². The average molecular weight is 234 g/mol. The summed E-state index contributed by atoms with van der Waals surface area (Å²) < 4.78 is 14.0. The lowest BCUT2D eigenvalue weighted by molar-refractivity contribution is 0.612. The van der Waals surface area contributed by atoms with Crippen LogP contribution in [0.4, 0.5) is 10.1 Å². The predicted octanol–water partition coefficient (Wildman–Crippen LogP) is 3.00. The molecule has 0 saturated heterocycles. The van der Waals surface area contributed by atoms with Crippen LogP contribution < -0.4 is 10.6 Å². The topological polar surface area (TPSA) is 29.3 Å². The van der Waals surface area contributed by atoms with Gasteiger partial charge in [0.05, 0.1) is 5.69 Å². The lowest BCUT2D eigenvalue weighted by Crippen LogP contribution is -2.29. The summed E-state index contributed by atoms with van der Waals surface area (Å²) in [5.74, 6) is -0.172. The highest BCUT2D eigenvalue weighted by Crippen LogP contribution is 2.25. The highest BCUT2D eigenvalue weighted by molar-refractivity contribution is 5.51. The largest absolute Gasteiger partial charge is 0.365 e. The molecule has 0 aromatic heterocycles. The number of rotatable bonds is 2. The number of nitrogens with two attached hydrogens (primary N) is 1. The van der Waals surface area contributed by atoms with Gasteiger partial charge in [-0.2, -0.15) is 0 Å². The standard InChI is InChI=1S/C14H19FN2/c1-10-4-3-7-17(9-10)14-6-5-12(11(2)16)8-13(14)15/h4-6,8,11H,3,7,9,16H2,1-2H3/t11-/m1/s1. The minimum absolute atomic E-state index is 0.124. The summed E-state index contributed by atoms with van der Waals surface area (Å²) in [6.45, 7) is 5.64. The number of nitrogens with zero attached hydrogens (tertiary/aromatic N) is 1. The molecule has 0 bridgehead atoms. The number of hydrogen-bond acceptors (Lipinski definition) is 2. The van der Waals surface area contributed by atoms with Crippen LogP contribution in [0.2, 0.25) is 0 Å². The highest BCUT2D eigenvalue weighted by Gasteiger charge is 2.15. The molecule has 1 aliphatic rings.